The van der Waals surface area contributed by atoms with Crippen LogP contribution >= 0.6 is 0 Å². The van der Waals surface area contributed by atoms with Crippen LogP contribution in [0.1, 0.15) is 11.1 Å². The molecule has 0 aliphatic rings. The smallest absolute Gasteiger partial charge is 0.478 e. The molecule has 1 heterocycles. The van der Waals surface area contributed by atoms with E-state index < -0.39 is 37.1 Å². The predicted octanol–water partition coefficient (Wildman–Crippen LogP) is 2.17. The Morgan fingerprint density at radius 1 is 1.35 bits per heavy atom. The third kappa shape index (κ3) is 3.97. The van der Waals surface area contributed by atoms with Crippen LogP contribution in [-0.2, 0) is 22.6 Å². The van der Waals surface area contributed by atoms with Gasteiger partial charge in [-0.05, 0) is 0 Å². The van der Waals surface area contributed by atoms with Crippen LogP contribution in [0, 0.1) is 0 Å². The number of ether oxygens (including phenoxy) is 3. The molecular weight excluding hydrogens is 286 g/mol. The lowest BCUT2D eigenvalue weighted by Gasteiger charge is -2.17. The molecule has 0 atom stereocenters. The van der Waals surface area contributed by atoms with Crippen molar-refractivity contribution in [3.05, 3.63) is 17.3 Å². The second-order valence-electron chi connectivity index (χ2n) is 3.53. The molecule has 1 aromatic heterocycles. The Kier molecular flexibility index (Phi) is 5.12. The Morgan fingerprint density at radius 3 is 2.45 bits per heavy atom. The number of nitrogens with zero attached hydrogens (tertiary/aromatic N) is 1. The Bertz CT molecular complexity index is 490. The number of pyridine rings is 1. The fraction of sp³-hybridized carbons (Fsp3) is 0.455. The van der Waals surface area contributed by atoms with E-state index in [0.29, 0.717) is 0 Å². The zero-order chi connectivity index (χ0) is 15.3. The van der Waals surface area contributed by atoms with Crippen molar-refractivity contribution in [1.29, 1.82) is 0 Å². The van der Waals surface area contributed by atoms with E-state index in [0.717, 1.165) is 20.4 Å². The molecule has 0 aliphatic carbocycles. The highest BCUT2D eigenvalue weighted by Crippen LogP contribution is 2.36. The van der Waals surface area contributed by atoms with Gasteiger partial charge in [-0.2, -0.15) is 0 Å². The van der Waals surface area contributed by atoms with Gasteiger partial charge in [0.05, 0.1) is 20.6 Å². The molecule has 9 heteroatoms. The lowest BCUT2D eigenvalue weighted by atomic mass is 10.1. The van der Waals surface area contributed by atoms with Gasteiger partial charge in [-0.3, -0.25) is 4.79 Å². The fourth-order valence-corrected chi connectivity index (χ4v) is 1.44. The summed E-state index contributed by atoms with van der Waals surface area (Å²) >= 11 is 0. The van der Waals surface area contributed by atoms with E-state index >= 15 is 0 Å². The maximum atomic E-state index is 12.8. The van der Waals surface area contributed by atoms with Gasteiger partial charge in [0.2, 0.25) is 0 Å². The van der Waals surface area contributed by atoms with Gasteiger partial charge >= 0.3 is 12.3 Å². The number of hydrogen-bond donors (Lipinski definition) is 0. The highest BCUT2D eigenvalue weighted by atomic mass is 19.4. The molecular formula is C11H11F4NO4. The first kappa shape index (κ1) is 16.0. The van der Waals surface area contributed by atoms with Gasteiger partial charge in [0.15, 0.2) is 5.75 Å². The monoisotopic (exact) mass is 297 g/mol. The van der Waals surface area contributed by atoms with Crippen molar-refractivity contribution in [3.63, 3.8) is 0 Å². The summed E-state index contributed by atoms with van der Waals surface area (Å²) in [5, 5.41) is 0. The molecule has 0 N–H and O–H groups in total. The van der Waals surface area contributed by atoms with E-state index in [1.807, 2.05) is 0 Å². The summed E-state index contributed by atoms with van der Waals surface area (Å²) in [5.74, 6) is -2.20. The minimum atomic E-state index is -5.03. The Labute approximate surface area is 111 Å². The summed E-state index contributed by atoms with van der Waals surface area (Å²) in [6.07, 6.45) is -4.66. The lowest BCUT2D eigenvalue weighted by Crippen LogP contribution is -2.20. The third-order valence-corrected chi connectivity index (χ3v) is 2.30. The van der Waals surface area contributed by atoms with Gasteiger partial charge in [-0.25, -0.2) is 9.37 Å². The summed E-state index contributed by atoms with van der Waals surface area (Å²) in [4.78, 5) is 14.7. The van der Waals surface area contributed by atoms with Gasteiger partial charge in [0.1, 0.15) is 6.67 Å². The molecule has 0 bridgehead atoms. The topological polar surface area (TPSA) is 57.7 Å². The van der Waals surface area contributed by atoms with Gasteiger partial charge in [0.25, 0.3) is 5.88 Å². The van der Waals surface area contributed by atoms with Crippen molar-refractivity contribution in [2.24, 2.45) is 0 Å². The van der Waals surface area contributed by atoms with Crippen LogP contribution in [0.2, 0.25) is 0 Å². The van der Waals surface area contributed by atoms with Crippen molar-refractivity contribution in [1.82, 2.24) is 4.98 Å². The molecule has 20 heavy (non-hydrogen) atoms. The normalized spacial score (nSPS) is 11.1. The number of rotatable bonds is 5. The minimum absolute atomic E-state index is 0.213. The van der Waals surface area contributed by atoms with Crippen LogP contribution in [0.25, 0.3) is 0 Å². The quantitative estimate of drug-likeness (QED) is 0.616. The molecule has 0 radical (unpaired) electrons. The third-order valence-electron chi connectivity index (χ3n) is 2.30. The van der Waals surface area contributed by atoms with Crippen LogP contribution in [0.4, 0.5) is 17.6 Å². The minimum Gasteiger partial charge on any atom is -0.478 e. The molecule has 1 aromatic rings. The second kappa shape index (κ2) is 6.40. The maximum absolute atomic E-state index is 12.8. The van der Waals surface area contributed by atoms with Crippen molar-refractivity contribution >= 4 is 5.97 Å². The summed E-state index contributed by atoms with van der Waals surface area (Å²) in [5.41, 5.74) is -0.529. The summed E-state index contributed by atoms with van der Waals surface area (Å²) in [6, 6.07) is 0. The van der Waals surface area contributed by atoms with Gasteiger partial charge < -0.3 is 14.2 Å². The maximum Gasteiger partial charge on any atom is 0.573 e. The molecule has 0 unspecified atom stereocenters. The van der Waals surface area contributed by atoms with E-state index in [1.54, 1.807) is 0 Å². The fourth-order valence-electron chi connectivity index (χ4n) is 1.44. The molecule has 0 saturated carbocycles. The Hall–Kier alpha value is -2.06. The van der Waals surface area contributed by atoms with E-state index in [-0.39, 0.29) is 11.1 Å². The molecule has 0 saturated heterocycles. The van der Waals surface area contributed by atoms with Crippen LogP contribution in [0.3, 0.4) is 0 Å². The van der Waals surface area contributed by atoms with Crippen LogP contribution in [0.15, 0.2) is 6.20 Å². The average molecular weight is 297 g/mol. The van der Waals surface area contributed by atoms with E-state index in [2.05, 4.69) is 19.2 Å². The Morgan fingerprint density at radius 2 is 2.00 bits per heavy atom. The standard InChI is InChI=1S/C11H11F4NO4/c1-18-8(17)3-7-6(4-12)5-16-10(19-2)9(7)20-11(13,14)15/h5H,3-4H2,1-2H3. The lowest BCUT2D eigenvalue weighted by molar-refractivity contribution is -0.275. The van der Waals surface area contributed by atoms with Gasteiger partial charge in [0, 0.05) is 17.3 Å². The number of hydrogen-bond acceptors (Lipinski definition) is 5. The van der Waals surface area contributed by atoms with Gasteiger partial charge in [-0.1, -0.05) is 0 Å². The first-order valence-electron chi connectivity index (χ1n) is 5.25. The molecule has 0 fully saturated rings. The zero-order valence-corrected chi connectivity index (χ0v) is 10.6. The SMILES string of the molecule is COC(=O)Cc1c(CF)cnc(OC)c1OC(F)(F)F. The molecule has 1 rings (SSSR count). The van der Waals surface area contributed by atoms with Crippen LogP contribution in [0.5, 0.6) is 11.6 Å². The summed E-state index contributed by atoms with van der Waals surface area (Å²) in [7, 11) is 2.13. The van der Waals surface area contributed by atoms with E-state index in [1.165, 1.54) is 0 Å². The average Bonchev–Trinajstić information content (AvgIpc) is 2.38. The number of carbonyl (C=O) groups excluding carboxylic acids is 1. The van der Waals surface area contributed by atoms with Crippen LogP contribution < -0.4 is 9.47 Å². The van der Waals surface area contributed by atoms with Crippen LogP contribution in [-0.4, -0.2) is 31.5 Å². The molecule has 5 nitrogen and oxygen atoms in total. The molecule has 0 aliphatic heterocycles. The van der Waals surface area contributed by atoms with Crippen molar-refractivity contribution < 1.29 is 36.6 Å². The van der Waals surface area contributed by atoms with Gasteiger partial charge in [-0.15, -0.1) is 13.2 Å². The van der Waals surface area contributed by atoms with Crippen molar-refractivity contribution in [2.75, 3.05) is 14.2 Å². The highest BCUT2D eigenvalue weighted by molar-refractivity contribution is 5.74. The number of carbonyl (C=O) groups is 1. The summed E-state index contributed by atoms with van der Waals surface area (Å²) in [6.45, 7) is -1.11. The molecule has 0 amide bonds. The van der Waals surface area contributed by atoms with E-state index in [4.69, 9.17) is 0 Å². The number of halogens is 4. The Balaban J connectivity index is 3.35. The number of esters is 1. The summed E-state index contributed by atoms with van der Waals surface area (Å²) < 4.78 is 62.7. The number of methoxy groups -OCH3 is 2. The zero-order valence-electron chi connectivity index (χ0n) is 10.6. The number of aromatic nitrogens is 1. The van der Waals surface area contributed by atoms with E-state index in [9.17, 15) is 22.4 Å². The molecule has 0 spiro atoms. The second-order valence-corrected chi connectivity index (χ2v) is 3.53. The first-order chi connectivity index (χ1) is 9.32. The highest BCUT2D eigenvalue weighted by Gasteiger charge is 2.35. The number of alkyl halides is 4. The van der Waals surface area contributed by atoms with Crippen molar-refractivity contribution in [3.8, 4) is 11.6 Å². The molecule has 112 valence electrons. The largest absolute Gasteiger partial charge is 0.573 e. The predicted molar refractivity (Wildman–Crippen MR) is 58.0 cm³/mol. The van der Waals surface area contributed by atoms with Crippen molar-refractivity contribution in [2.45, 2.75) is 19.5 Å². The first-order valence-corrected chi connectivity index (χ1v) is 5.25. The molecule has 0 aromatic carbocycles.